The molecular weight excluding hydrogens is 485 g/mol. The molecule has 0 aromatic heterocycles. The molecule has 4 aliphatic carbocycles. The van der Waals surface area contributed by atoms with Crippen LogP contribution in [0.15, 0.2) is 18.2 Å². The molecule has 4 saturated carbocycles. The molecule has 5 rings (SSSR count). The fourth-order valence-corrected chi connectivity index (χ4v) is 8.30. The van der Waals surface area contributed by atoms with Gasteiger partial charge in [-0.3, -0.25) is 0 Å². The highest BCUT2D eigenvalue weighted by Gasteiger charge is 2.64. The molecule has 0 saturated heterocycles. The molecule has 1 aromatic rings. The summed E-state index contributed by atoms with van der Waals surface area (Å²) in [6.45, 7) is 3.00. The van der Waals surface area contributed by atoms with Gasteiger partial charge in [-0.15, -0.1) is 0 Å². The predicted octanol–water partition coefficient (Wildman–Crippen LogP) is 4.88. The van der Waals surface area contributed by atoms with E-state index in [9.17, 15) is 30.9 Å². The van der Waals surface area contributed by atoms with Crippen LogP contribution in [0.1, 0.15) is 61.9 Å². The number of hydrogen-bond acceptors (Lipinski definition) is 6. The third kappa shape index (κ3) is 4.56. The lowest BCUT2D eigenvalue weighted by atomic mass is 9.64. The smallest absolute Gasteiger partial charge is 0.419 e. The second-order valence-electron chi connectivity index (χ2n) is 11.3. The van der Waals surface area contributed by atoms with Crippen molar-refractivity contribution in [1.82, 2.24) is 0 Å². The van der Waals surface area contributed by atoms with Gasteiger partial charge in [-0.25, -0.2) is 13.2 Å². The minimum atomic E-state index is -4.69. The van der Waals surface area contributed by atoms with E-state index in [1.54, 1.807) is 0 Å². The van der Waals surface area contributed by atoms with Crippen molar-refractivity contribution in [3.8, 4) is 5.75 Å². The molecule has 0 radical (unpaired) electrons. The van der Waals surface area contributed by atoms with Gasteiger partial charge in [0, 0.05) is 5.92 Å². The van der Waals surface area contributed by atoms with Gasteiger partial charge >= 0.3 is 12.1 Å². The number of fused-ring (bicyclic) bond motifs is 9. The monoisotopic (exact) mass is 515 g/mol. The molecule has 7 atom stereocenters. The van der Waals surface area contributed by atoms with E-state index >= 15 is 0 Å². The van der Waals surface area contributed by atoms with Crippen molar-refractivity contribution in [1.29, 1.82) is 0 Å². The molecule has 0 spiro atoms. The van der Waals surface area contributed by atoms with Crippen molar-refractivity contribution >= 4 is 16.1 Å². The van der Waals surface area contributed by atoms with E-state index in [0.29, 0.717) is 17.8 Å². The molecule has 0 heterocycles. The molecule has 0 amide bonds. The maximum atomic E-state index is 13.8. The minimum Gasteiger partial charge on any atom is -0.748 e. The normalized spacial score (nSPS) is 33.7. The summed E-state index contributed by atoms with van der Waals surface area (Å²) in [7, 11) is -4.58. The number of hydrogen-bond donors (Lipinski definition) is 0. The molecule has 7 unspecified atom stereocenters. The van der Waals surface area contributed by atoms with Gasteiger partial charge in [0.15, 0.2) is 0 Å². The van der Waals surface area contributed by atoms with Gasteiger partial charge in [0.25, 0.3) is 0 Å². The zero-order chi connectivity index (χ0) is 25.3. The zero-order valence-corrected chi connectivity index (χ0v) is 20.5. The SMILES string of the molecule is CC(C)(Oc1cc(C(=O)OCCS(=O)(=O)[O-])ccc1C(F)(F)F)C1CC2CC1C1C3CCC(C3)C21. The van der Waals surface area contributed by atoms with Gasteiger partial charge in [0.05, 0.1) is 27.0 Å². The third-order valence-electron chi connectivity index (χ3n) is 9.09. The fraction of sp³-hybridized carbons (Fsp3) is 0.720. The molecule has 0 N–H and O–H groups in total. The van der Waals surface area contributed by atoms with Crippen molar-refractivity contribution in [2.45, 2.75) is 57.7 Å². The van der Waals surface area contributed by atoms with Crippen LogP contribution in [0.25, 0.3) is 0 Å². The van der Waals surface area contributed by atoms with Crippen LogP contribution in [-0.2, 0) is 21.0 Å². The summed E-state index contributed by atoms with van der Waals surface area (Å²) in [5.41, 5.74) is -2.05. The first-order chi connectivity index (χ1) is 16.2. The summed E-state index contributed by atoms with van der Waals surface area (Å²) >= 11 is 0. The Morgan fingerprint density at radius 2 is 1.74 bits per heavy atom. The third-order valence-corrected chi connectivity index (χ3v) is 9.76. The number of carbonyl (C=O) groups excluding carboxylic acids is 1. The standard InChI is InChI=1S/C25H31F3O6S/c1-24(2,19-11-16-10-17(19)22-14-4-3-13(9-14)21(16)22)34-20-12-15(5-6-18(20)25(26,27)28)23(29)33-7-8-35(30,31)32/h5-6,12-14,16-17,19,21-22H,3-4,7-11H2,1-2H3,(H,30,31,32)/p-1. The minimum absolute atomic E-state index is 0.132. The van der Waals surface area contributed by atoms with E-state index < -0.39 is 51.5 Å². The van der Waals surface area contributed by atoms with Gasteiger partial charge in [-0.05, 0) is 99.7 Å². The Morgan fingerprint density at radius 3 is 2.40 bits per heavy atom. The van der Waals surface area contributed by atoms with Gasteiger partial charge in [-0.2, -0.15) is 13.2 Å². The Kier molecular flexibility index (Phi) is 5.94. The van der Waals surface area contributed by atoms with Gasteiger partial charge < -0.3 is 14.0 Å². The topological polar surface area (TPSA) is 92.7 Å². The van der Waals surface area contributed by atoms with Crippen molar-refractivity contribution in [3.63, 3.8) is 0 Å². The van der Waals surface area contributed by atoms with Crippen LogP contribution in [0.5, 0.6) is 5.75 Å². The fourth-order valence-electron chi connectivity index (χ4n) is 8.01. The highest BCUT2D eigenvalue weighted by molar-refractivity contribution is 7.85. The molecule has 194 valence electrons. The maximum Gasteiger partial charge on any atom is 0.419 e. The average molecular weight is 516 g/mol. The van der Waals surface area contributed by atoms with E-state index in [4.69, 9.17) is 9.47 Å². The quantitative estimate of drug-likeness (QED) is 0.292. The Morgan fingerprint density at radius 1 is 1.06 bits per heavy atom. The molecule has 6 nitrogen and oxygen atoms in total. The van der Waals surface area contributed by atoms with E-state index in [2.05, 4.69) is 0 Å². The summed E-state index contributed by atoms with van der Waals surface area (Å²) < 4.78 is 84.4. The molecule has 0 aliphatic heterocycles. The zero-order valence-electron chi connectivity index (χ0n) is 19.7. The highest BCUT2D eigenvalue weighted by atomic mass is 32.2. The largest absolute Gasteiger partial charge is 0.748 e. The molecule has 4 fully saturated rings. The molecule has 1 aromatic carbocycles. The molecular formula is C25H30F3O6S-. The lowest BCUT2D eigenvalue weighted by molar-refractivity contribution is -0.140. The Balaban J connectivity index is 1.36. The summed E-state index contributed by atoms with van der Waals surface area (Å²) in [5.74, 6) is 1.81. The molecule has 35 heavy (non-hydrogen) atoms. The van der Waals surface area contributed by atoms with Gasteiger partial charge in [0.2, 0.25) is 0 Å². The number of esters is 1. The summed E-state index contributed by atoms with van der Waals surface area (Å²) in [6.07, 6.45) is 1.27. The second-order valence-corrected chi connectivity index (χ2v) is 12.8. The van der Waals surface area contributed by atoms with Crippen molar-refractivity contribution in [2.24, 2.45) is 41.4 Å². The summed E-state index contributed by atoms with van der Waals surface area (Å²) in [5, 5.41) is 0. The average Bonchev–Trinajstić information content (AvgIpc) is 3.51. The second kappa shape index (κ2) is 8.36. The number of rotatable bonds is 7. The number of ether oxygens (including phenoxy) is 2. The first-order valence-electron chi connectivity index (χ1n) is 12.3. The van der Waals surface area contributed by atoms with E-state index in [0.717, 1.165) is 48.8 Å². The van der Waals surface area contributed by atoms with Crippen molar-refractivity contribution in [3.05, 3.63) is 29.3 Å². The van der Waals surface area contributed by atoms with Gasteiger partial charge in [-0.1, -0.05) is 0 Å². The molecule has 10 heteroatoms. The molecule has 4 aliphatic rings. The first-order valence-corrected chi connectivity index (χ1v) is 13.8. The molecule has 4 bridgehead atoms. The van der Waals surface area contributed by atoms with E-state index in [-0.39, 0.29) is 11.5 Å². The van der Waals surface area contributed by atoms with Crippen LogP contribution in [0.2, 0.25) is 0 Å². The van der Waals surface area contributed by atoms with Crippen LogP contribution in [0.4, 0.5) is 13.2 Å². The van der Waals surface area contributed by atoms with Crippen molar-refractivity contribution < 1.29 is 40.4 Å². The number of alkyl halides is 3. The predicted molar refractivity (Wildman–Crippen MR) is 119 cm³/mol. The maximum absolute atomic E-state index is 13.8. The lowest BCUT2D eigenvalue weighted by Crippen LogP contribution is -2.45. The summed E-state index contributed by atoms with van der Waals surface area (Å²) in [4.78, 5) is 12.3. The van der Waals surface area contributed by atoms with Crippen LogP contribution < -0.4 is 4.74 Å². The Bertz CT molecular complexity index is 1110. The Labute approximate surface area is 203 Å². The van der Waals surface area contributed by atoms with Crippen molar-refractivity contribution in [2.75, 3.05) is 12.4 Å². The van der Waals surface area contributed by atoms with Gasteiger partial charge in [0.1, 0.15) is 18.0 Å². The number of benzene rings is 1. The Hall–Kier alpha value is -1.81. The number of halogens is 3. The van der Waals surface area contributed by atoms with Crippen LogP contribution in [0.3, 0.4) is 0 Å². The van der Waals surface area contributed by atoms with Crippen LogP contribution in [-0.4, -0.2) is 36.9 Å². The lowest BCUT2D eigenvalue weighted by Gasteiger charge is -2.45. The van der Waals surface area contributed by atoms with Crippen LogP contribution >= 0.6 is 0 Å². The summed E-state index contributed by atoms with van der Waals surface area (Å²) in [6, 6.07) is 2.75. The van der Waals surface area contributed by atoms with Crippen LogP contribution in [0, 0.1) is 41.4 Å². The first kappa shape index (κ1) is 24.9. The highest BCUT2D eigenvalue weighted by Crippen LogP contribution is 2.70. The van der Waals surface area contributed by atoms with E-state index in [1.807, 2.05) is 13.8 Å². The van der Waals surface area contributed by atoms with E-state index in [1.165, 1.54) is 19.3 Å². The number of carbonyl (C=O) groups is 1.